The number of ether oxygens (including phenoxy) is 3. The van der Waals surface area contributed by atoms with Crippen LogP contribution < -0.4 is 0 Å². The second-order valence-corrected chi connectivity index (χ2v) is 12.8. The lowest BCUT2D eigenvalue weighted by Gasteiger charge is -2.62. The number of aldehydes is 1. The molecule has 1 saturated carbocycles. The van der Waals surface area contributed by atoms with E-state index in [2.05, 4.69) is 0 Å². The minimum Gasteiger partial charge on any atom is -0.472 e. The smallest absolute Gasteiger partial charge is 0.333 e. The van der Waals surface area contributed by atoms with Gasteiger partial charge in [-0.3, -0.25) is 4.79 Å². The molecule has 2 unspecified atom stereocenters. The molecule has 0 aromatic carbocycles. The van der Waals surface area contributed by atoms with Crippen molar-refractivity contribution in [2.24, 2.45) is 33.5 Å². The summed E-state index contributed by atoms with van der Waals surface area (Å²) in [6.45, 7) is 11.4. The molecule has 0 amide bonds. The molecule has 3 fully saturated rings. The van der Waals surface area contributed by atoms with E-state index >= 15 is 0 Å². The van der Waals surface area contributed by atoms with Gasteiger partial charge in [0.1, 0.15) is 18.0 Å². The lowest BCUT2D eigenvalue weighted by molar-refractivity contribution is -0.228. The Morgan fingerprint density at radius 2 is 1.92 bits per heavy atom. The second kappa shape index (κ2) is 8.12. The number of rotatable bonds is 4. The molecule has 208 valence electrons. The Morgan fingerprint density at radius 3 is 2.56 bits per heavy atom. The van der Waals surface area contributed by atoms with Crippen LogP contribution in [0.5, 0.6) is 0 Å². The van der Waals surface area contributed by atoms with Crippen molar-refractivity contribution in [3.63, 3.8) is 0 Å². The molecule has 8 heteroatoms. The summed E-state index contributed by atoms with van der Waals surface area (Å²) in [7, 11) is 0. The fourth-order valence-corrected chi connectivity index (χ4v) is 9.14. The van der Waals surface area contributed by atoms with E-state index in [-0.39, 0.29) is 11.7 Å². The van der Waals surface area contributed by atoms with Gasteiger partial charge < -0.3 is 28.5 Å². The highest BCUT2D eigenvalue weighted by molar-refractivity contribution is 5.97. The summed E-state index contributed by atoms with van der Waals surface area (Å²) in [5.41, 5.74) is -4.31. The Morgan fingerprint density at radius 1 is 1.18 bits per heavy atom. The zero-order chi connectivity index (χ0) is 28.2. The third kappa shape index (κ3) is 2.87. The molecule has 1 spiro atoms. The fraction of sp³-hybridized carbons (Fsp3) is 0.581. The summed E-state index contributed by atoms with van der Waals surface area (Å²) >= 11 is 0. The highest BCUT2D eigenvalue weighted by Crippen LogP contribution is 2.75. The highest BCUT2D eigenvalue weighted by atomic mass is 16.6. The van der Waals surface area contributed by atoms with E-state index in [0.717, 1.165) is 11.8 Å². The highest BCUT2D eigenvalue weighted by Gasteiger charge is 2.84. The summed E-state index contributed by atoms with van der Waals surface area (Å²) in [5.74, 6) is -2.27. The van der Waals surface area contributed by atoms with Crippen LogP contribution >= 0.6 is 0 Å². The molecular weight excluding hydrogens is 500 g/mol. The van der Waals surface area contributed by atoms with Gasteiger partial charge in [0.05, 0.1) is 30.7 Å². The Kier molecular flexibility index (Phi) is 5.50. The Labute approximate surface area is 228 Å². The summed E-state index contributed by atoms with van der Waals surface area (Å²) in [6.07, 6.45) is 9.89. The number of carbonyl (C=O) groups is 3. The van der Waals surface area contributed by atoms with Crippen LogP contribution in [0.2, 0.25) is 0 Å². The molecule has 0 radical (unpaired) electrons. The van der Waals surface area contributed by atoms with Gasteiger partial charge in [0.25, 0.3) is 0 Å². The van der Waals surface area contributed by atoms with E-state index in [0.29, 0.717) is 12.2 Å². The maximum Gasteiger partial charge on any atom is 0.333 e. The molecular formula is C31H36O8. The molecule has 3 aliphatic carbocycles. The van der Waals surface area contributed by atoms with Crippen LogP contribution in [0.3, 0.4) is 0 Å². The van der Waals surface area contributed by atoms with E-state index in [1.165, 1.54) is 0 Å². The van der Waals surface area contributed by atoms with Crippen molar-refractivity contribution >= 4 is 18.0 Å². The van der Waals surface area contributed by atoms with Crippen LogP contribution in [0.15, 0.2) is 59.0 Å². The molecule has 2 aliphatic heterocycles. The SMILES string of the molecule is C/C=C(\C)C(=O)O[C@@H]1[C@@H]2OC[C@]3(C)C=CC(=O)[C@](C)(C4[C@@H](O)O[C@@]5(C=C[C@@H](c6ccoc6)[C@@]5(C)C=O)C41C)[C@@H]23. The average Bonchev–Trinajstić information content (AvgIpc) is 3.66. The van der Waals surface area contributed by atoms with Crippen molar-refractivity contribution in [2.45, 2.75) is 71.6 Å². The number of furan rings is 1. The van der Waals surface area contributed by atoms with Crippen LogP contribution in [0.4, 0.5) is 0 Å². The van der Waals surface area contributed by atoms with E-state index in [1.807, 2.05) is 39.0 Å². The predicted octanol–water partition coefficient (Wildman–Crippen LogP) is 3.91. The van der Waals surface area contributed by atoms with Crippen molar-refractivity contribution in [3.8, 4) is 0 Å². The summed E-state index contributed by atoms with van der Waals surface area (Å²) in [5, 5.41) is 11.8. The summed E-state index contributed by atoms with van der Waals surface area (Å²) in [6, 6.07) is 1.80. The maximum atomic E-state index is 13.9. The molecule has 1 N–H and O–H groups in total. The number of esters is 1. The minimum absolute atomic E-state index is 0.132. The molecule has 8 nitrogen and oxygen atoms in total. The van der Waals surface area contributed by atoms with Crippen LogP contribution in [-0.4, -0.2) is 53.9 Å². The van der Waals surface area contributed by atoms with Gasteiger partial charge in [0, 0.05) is 39.6 Å². The number of hydrogen-bond donors (Lipinski definition) is 1. The first kappa shape index (κ1) is 26.4. The predicted molar refractivity (Wildman–Crippen MR) is 139 cm³/mol. The number of carbonyl (C=O) groups excluding carboxylic acids is 3. The Hall–Kier alpha value is -2.81. The lowest BCUT2D eigenvalue weighted by atomic mass is 9.39. The topological polar surface area (TPSA) is 112 Å². The number of ketones is 1. The zero-order valence-corrected chi connectivity index (χ0v) is 23.2. The normalized spacial score (nSPS) is 49.8. The minimum atomic E-state index is -1.43. The average molecular weight is 537 g/mol. The molecule has 1 aromatic heterocycles. The molecule has 3 heterocycles. The lowest BCUT2D eigenvalue weighted by Crippen LogP contribution is -2.72. The number of hydrogen-bond acceptors (Lipinski definition) is 8. The van der Waals surface area contributed by atoms with Gasteiger partial charge in [-0.25, -0.2) is 4.79 Å². The van der Waals surface area contributed by atoms with Crippen LogP contribution in [0.25, 0.3) is 0 Å². The first-order chi connectivity index (χ1) is 18.4. The second-order valence-electron chi connectivity index (χ2n) is 12.8. The molecule has 5 aliphatic rings. The maximum absolute atomic E-state index is 13.9. The number of aliphatic hydroxyl groups is 1. The standard InChI is InChI=1S/C31H36O8/c1-7-17(2)25(34)38-24-21-22-27(3,16-37-21)11-9-20(33)29(22,5)23-26(35)39-31(30(23,24)6)12-8-19(28(31,4)15-32)18-10-13-36-14-18/h7-15,19,21-24,26,35H,16H2,1-6H3/b17-7+/t19-,21+,22-,23?,24+,26-,27-,28+,29-,30?,31+/m0/s1. The van der Waals surface area contributed by atoms with Gasteiger partial charge >= 0.3 is 5.97 Å². The van der Waals surface area contributed by atoms with Crippen molar-refractivity contribution < 1.29 is 38.1 Å². The van der Waals surface area contributed by atoms with Crippen LogP contribution in [-0.2, 0) is 28.6 Å². The molecule has 11 atom stereocenters. The van der Waals surface area contributed by atoms with E-state index in [1.54, 1.807) is 51.5 Å². The van der Waals surface area contributed by atoms with Crippen LogP contribution in [0, 0.1) is 33.5 Å². The number of fused-ring (bicyclic) bond motifs is 3. The van der Waals surface area contributed by atoms with Gasteiger partial charge in [0.2, 0.25) is 0 Å². The fourth-order valence-electron chi connectivity index (χ4n) is 9.14. The Balaban J connectivity index is 1.61. The zero-order valence-electron chi connectivity index (χ0n) is 23.2. The third-order valence-electron chi connectivity index (χ3n) is 11.1. The van der Waals surface area contributed by atoms with Crippen LogP contribution in [0.1, 0.15) is 53.0 Å². The largest absolute Gasteiger partial charge is 0.472 e. The third-order valence-corrected chi connectivity index (χ3v) is 11.1. The van der Waals surface area contributed by atoms with Gasteiger partial charge in [-0.2, -0.15) is 0 Å². The number of aliphatic hydroxyl groups excluding tert-OH is 1. The first-order valence-corrected chi connectivity index (χ1v) is 13.6. The van der Waals surface area contributed by atoms with Gasteiger partial charge in [-0.05, 0) is 38.5 Å². The molecule has 6 rings (SSSR count). The van der Waals surface area contributed by atoms with Gasteiger partial charge in [0.15, 0.2) is 12.1 Å². The van der Waals surface area contributed by atoms with Gasteiger partial charge in [-0.15, -0.1) is 0 Å². The van der Waals surface area contributed by atoms with Crippen molar-refractivity contribution in [1.82, 2.24) is 0 Å². The van der Waals surface area contributed by atoms with E-state index < -0.39 is 63.6 Å². The Bertz CT molecular complexity index is 1330. The van der Waals surface area contributed by atoms with Crippen molar-refractivity contribution in [1.29, 1.82) is 0 Å². The van der Waals surface area contributed by atoms with Crippen molar-refractivity contribution in [3.05, 3.63) is 60.1 Å². The molecule has 1 aromatic rings. The monoisotopic (exact) mass is 536 g/mol. The van der Waals surface area contributed by atoms with Gasteiger partial charge in [-0.1, -0.05) is 45.1 Å². The molecule has 2 saturated heterocycles. The van der Waals surface area contributed by atoms with E-state index in [9.17, 15) is 19.5 Å². The summed E-state index contributed by atoms with van der Waals surface area (Å²) < 4.78 is 24.7. The first-order valence-electron chi connectivity index (χ1n) is 13.6. The van der Waals surface area contributed by atoms with E-state index in [4.69, 9.17) is 18.6 Å². The quantitative estimate of drug-likeness (QED) is 0.267. The van der Waals surface area contributed by atoms with Crippen molar-refractivity contribution in [2.75, 3.05) is 6.61 Å². The molecule has 0 bridgehead atoms. The number of allylic oxidation sites excluding steroid dienone is 3. The molecule has 39 heavy (non-hydrogen) atoms. The summed E-state index contributed by atoms with van der Waals surface area (Å²) in [4.78, 5) is 40.4.